The van der Waals surface area contributed by atoms with E-state index < -0.39 is 5.97 Å². The maximum atomic E-state index is 11.0. The van der Waals surface area contributed by atoms with Gasteiger partial charge in [0, 0.05) is 12.6 Å². The third-order valence-electron chi connectivity index (χ3n) is 4.31. The highest BCUT2D eigenvalue weighted by molar-refractivity contribution is 9.10. The summed E-state index contributed by atoms with van der Waals surface area (Å²) in [6, 6.07) is 4.33. The molecule has 1 aromatic carbocycles. The normalized spacial score (nSPS) is 20.4. The van der Waals surface area contributed by atoms with Crippen LogP contribution in [0.1, 0.15) is 31.2 Å². The number of carbonyl (C=O) groups is 1. The summed E-state index contributed by atoms with van der Waals surface area (Å²) in [4.78, 5) is 11.0. The molecule has 2 N–H and O–H groups in total. The van der Waals surface area contributed by atoms with Crippen LogP contribution >= 0.6 is 15.9 Å². The van der Waals surface area contributed by atoms with Crippen molar-refractivity contribution in [3.8, 4) is 11.5 Å². The van der Waals surface area contributed by atoms with Gasteiger partial charge in [-0.1, -0.05) is 12.7 Å². The number of carboxylic acids is 1. The molecule has 0 bridgehead atoms. The molecule has 24 heavy (non-hydrogen) atoms. The SMILES string of the molecule is C=CCOc1c(Br)cc(CNC2CCC(C(=O)O)CC2)cc1OC. The van der Waals surface area contributed by atoms with Crippen molar-refractivity contribution in [1.29, 1.82) is 0 Å². The quantitative estimate of drug-likeness (QED) is 0.653. The van der Waals surface area contributed by atoms with Crippen molar-refractivity contribution in [3.63, 3.8) is 0 Å². The molecule has 0 atom stereocenters. The van der Waals surface area contributed by atoms with Gasteiger partial charge in [-0.25, -0.2) is 0 Å². The molecule has 2 rings (SSSR count). The third kappa shape index (κ3) is 4.98. The summed E-state index contributed by atoms with van der Waals surface area (Å²) in [5.41, 5.74) is 1.09. The van der Waals surface area contributed by atoms with Crippen LogP contribution in [-0.4, -0.2) is 30.8 Å². The first-order valence-corrected chi connectivity index (χ1v) is 8.90. The van der Waals surface area contributed by atoms with E-state index in [1.807, 2.05) is 12.1 Å². The summed E-state index contributed by atoms with van der Waals surface area (Å²) in [6.45, 7) is 4.77. The van der Waals surface area contributed by atoms with Gasteiger partial charge < -0.3 is 19.9 Å². The Labute approximate surface area is 151 Å². The Balaban J connectivity index is 1.94. The number of halogens is 1. The van der Waals surface area contributed by atoms with Gasteiger partial charge in [-0.05, 0) is 59.3 Å². The van der Waals surface area contributed by atoms with Crippen molar-refractivity contribution in [1.82, 2.24) is 5.32 Å². The van der Waals surface area contributed by atoms with Crippen LogP contribution in [0, 0.1) is 5.92 Å². The highest BCUT2D eigenvalue weighted by Crippen LogP contribution is 2.36. The Morgan fingerprint density at radius 3 is 2.71 bits per heavy atom. The van der Waals surface area contributed by atoms with Crippen molar-refractivity contribution in [2.75, 3.05) is 13.7 Å². The fourth-order valence-electron chi connectivity index (χ4n) is 2.96. The Hall–Kier alpha value is -1.53. The van der Waals surface area contributed by atoms with Crippen LogP contribution < -0.4 is 14.8 Å². The molecule has 132 valence electrons. The van der Waals surface area contributed by atoms with Gasteiger partial charge in [0.25, 0.3) is 0 Å². The fraction of sp³-hybridized carbons (Fsp3) is 0.500. The molecule has 0 unspecified atom stereocenters. The second-order valence-electron chi connectivity index (χ2n) is 5.98. The minimum Gasteiger partial charge on any atom is -0.493 e. The molecule has 0 heterocycles. The van der Waals surface area contributed by atoms with Gasteiger partial charge in [0.2, 0.25) is 0 Å². The molecule has 5 nitrogen and oxygen atoms in total. The summed E-state index contributed by atoms with van der Waals surface area (Å²) in [5, 5.41) is 12.6. The highest BCUT2D eigenvalue weighted by atomic mass is 79.9. The number of rotatable bonds is 8. The molecule has 1 aliphatic rings. The Bertz CT molecular complexity index is 583. The molecule has 1 saturated carbocycles. The maximum absolute atomic E-state index is 11.0. The second-order valence-corrected chi connectivity index (χ2v) is 6.83. The number of ether oxygens (including phenoxy) is 2. The zero-order valence-corrected chi connectivity index (χ0v) is 15.5. The number of benzene rings is 1. The lowest BCUT2D eigenvalue weighted by Gasteiger charge is -2.27. The van der Waals surface area contributed by atoms with E-state index in [2.05, 4.69) is 27.8 Å². The predicted octanol–water partition coefficient (Wildman–Crippen LogP) is 3.76. The van der Waals surface area contributed by atoms with Gasteiger partial charge in [0.15, 0.2) is 11.5 Å². The first-order valence-electron chi connectivity index (χ1n) is 8.11. The predicted molar refractivity (Wildman–Crippen MR) is 96.6 cm³/mol. The van der Waals surface area contributed by atoms with E-state index in [-0.39, 0.29) is 5.92 Å². The van der Waals surface area contributed by atoms with Crippen LogP contribution in [0.15, 0.2) is 29.3 Å². The zero-order valence-electron chi connectivity index (χ0n) is 13.9. The molecule has 6 heteroatoms. The van der Waals surface area contributed by atoms with E-state index in [0.717, 1.165) is 35.7 Å². The molecular weight excluding hydrogens is 374 g/mol. The molecule has 0 aromatic heterocycles. The van der Waals surface area contributed by atoms with Crippen LogP contribution in [0.5, 0.6) is 11.5 Å². The number of nitrogens with one attached hydrogen (secondary N) is 1. The number of hydrogen-bond donors (Lipinski definition) is 2. The molecule has 0 radical (unpaired) electrons. The summed E-state index contributed by atoms with van der Waals surface area (Å²) in [5.74, 6) is 0.497. The van der Waals surface area contributed by atoms with Gasteiger partial charge in [-0.2, -0.15) is 0 Å². The molecule has 0 spiro atoms. The van der Waals surface area contributed by atoms with E-state index in [0.29, 0.717) is 30.7 Å². The zero-order chi connectivity index (χ0) is 17.5. The second kappa shape index (κ2) is 9.08. The van der Waals surface area contributed by atoms with Crippen molar-refractivity contribution < 1.29 is 19.4 Å². The lowest BCUT2D eigenvalue weighted by molar-refractivity contribution is -0.142. The Morgan fingerprint density at radius 1 is 1.42 bits per heavy atom. The first-order chi connectivity index (χ1) is 11.5. The fourth-order valence-corrected chi connectivity index (χ4v) is 3.57. The van der Waals surface area contributed by atoms with E-state index >= 15 is 0 Å². The van der Waals surface area contributed by atoms with Crippen molar-refractivity contribution >= 4 is 21.9 Å². The number of aliphatic carboxylic acids is 1. The third-order valence-corrected chi connectivity index (χ3v) is 4.90. The van der Waals surface area contributed by atoms with E-state index in [4.69, 9.17) is 14.6 Å². The molecule has 1 aromatic rings. The maximum Gasteiger partial charge on any atom is 0.306 e. The molecule has 1 aliphatic carbocycles. The molecule has 0 amide bonds. The minimum absolute atomic E-state index is 0.182. The average Bonchev–Trinajstić information content (AvgIpc) is 2.58. The first kappa shape index (κ1) is 18.8. The summed E-state index contributed by atoms with van der Waals surface area (Å²) < 4.78 is 11.9. The van der Waals surface area contributed by atoms with Crippen LogP contribution in [0.25, 0.3) is 0 Å². The van der Waals surface area contributed by atoms with Crippen LogP contribution in [-0.2, 0) is 11.3 Å². The lowest BCUT2D eigenvalue weighted by Crippen LogP contribution is -2.34. The van der Waals surface area contributed by atoms with Crippen molar-refractivity contribution in [3.05, 3.63) is 34.8 Å². The van der Waals surface area contributed by atoms with Gasteiger partial charge in [0.1, 0.15) is 6.61 Å². The summed E-state index contributed by atoms with van der Waals surface area (Å²) in [7, 11) is 1.62. The minimum atomic E-state index is -0.669. The molecule has 0 aliphatic heterocycles. The highest BCUT2D eigenvalue weighted by Gasteiger charge is 2.25. The van der Waals surface area contributed by atoms with Gasteiger partial charge in [0.05, 0.1) is 17.5 Å². The largest absolute Gasteiger partial charge is 0.493 e. The van der Waals surface area contributed by atoms with E-state index in [1.165, 1.54) is 0 Å². The molecule has 0 saturated heterocycles. The van der Waals surface area contributed by atoms with Gasteiger partial charge in [-0.15, -0.1) is 0 Å². The number of carboxylic acid groups (broad SMARTS) is 1. The lowest BCUT2D eigenvalue weighted by atomic mass is 9.86. The van der Waals surface area contributed by atoms with E-state index in [1.54, 1.807) is 13.2 Å². The number of methoxy groups -OCH3 is 1. The molecule has 1 fully saturated rings. The smallest absolute Gasteiger partial charge is 0.306 e. The standard InChI is InChI=1S/C18H24BrNO4/c1-3-8-24-17-15(19)9-12(10-16(17)23-2)11-20-14-6-4-13(5-7-14)18(21)22/h3,9-10,13-14,20H,1,4-8,11H2,2H3,(H,21,22). The van der Waals surface area contributed by atoms with Gasteiger partial charge >= 0.3 is 5.97 Å². The Kier molecular flexibility index (Phi) is 7.12. The molecular formula is C18H24BrNO4. The number of hydrogen-bond acceptors (Lipinski definition) is 4. The van der Waals surface area contributed by atoms with Gasteiger partial charge in [-0.3, -0.25) is 4.79 Å². The van der Waals surface area contributed by atoms with Crippen LogP contribution in [0.3, 0.4) is 0 Å². The summed E-state index contributed by atoms with van der Waals surface area (Å²) >= 11 is 3.53. The average molecular weight is 398 g/mol. The monoisotopic (exact) mass is 397 g/mol. The Morgan fingerprint density at radius 2 is 2.12 bits per heavy atom. The van der Waals surface area contributed by atoms with E-state index in [9.17, 15) is 4.79 Å². The topological polar surface area (TPSA) is 67.8 Å². The van der Waals surface area contributed by atoms with Crippen molar-refractivity contribution in [2.45, 2.75) is 38.3 Å². The van der Waals surface area contributed by atoms with Crippen molar-refractivity contribution in [2.24, 2.45) is 5.92 Å². The summed E-state index contributed by atoms with van der Waals surface area (Å²) in [6.07, 6.45) is 4.98. The van der Waals surface area contributed by atoms with Crippen LogP contribution in [0.4, 0.5) is 0 Å². The van der Waals surface area contributed by atoms with Crippen LogP contribution in [0.2, 0.25) is 0 Å².